The summed E-state index contributed by atoms with van der Waals surface area (Å²) >= 11 is 0. The van der Waals surface area contributed by atoms with Crippen LogP contribution in [0, 0.1) is 5.92 Å². The van der Waals surface area contributed by atoms with Crippen LogP contribution in [-0.4, -0.2) is 13.2 Å². The summed E-state index contributed by atoms with van der Waals surface area (Å²) in [5.74, 6) is 0.915. The Balaban J connectivity index is 3.44. The summed E-state index contributed by atoms with van der Waals surface area (Å²) in [6.45, 7) is 8.65. The molecule has 0 aliphatic rings. The monoisotopic (exact) mass is 214 g/mol. The van der Waals surface area contributed by atoms with E-state index < -0.39 is 0 Å². The molecule has 0 saturated carbocycles. The molecule has 1 unspecified atom stereocenters. The highest BCUT2D eigenvalue weighted by atomic mass is 16.5. The standard InChI is InChI=1S/C14H30O/c1-4-7-8-10-14(9-5-2)11-13-15-12-6-3/h14H,4-13H2,1-3H3. The Bertz CT molecular complexity index is 112. The van der Waals surface area contributed by atoms with E-state index in [0.29, 0.717) is 0 Å². The minimum absolute atomic E-state index is 0.915. The quantitative estimate of drug-likeness (QED) is 0.449. The van der Waals surface area contributed by atoms with Gasteiger partial charge in [0.05, 0.1) is 0 Å². The van der Waals surface area contributed by atoms with E-state index in [-0.39, 0.29) is 0 Å². The topological polar surface area (TPSA) is 9.23 Å². The molecule has 0 aliphatic heterocycles. The third-order valence-corrected chi connectivity index (χ3v) is 2.93. The molecule has 0 aromatic carbocycles. The Morgan fingerprint density at radius 3 is 2.13 bits per heavy atom. The molecule has 0 aromatic heterocycles. The number of unbranched alkanes of at least 4 members (excludes halogenated alkanes) is 2. The van der Waals surface area contributed by atoms with Crippen molar-refractivity contribution in [2.45, 2.75) is 72.1 Å². The van der Waals surface area contributed by atoms with Crippen molar-refractivity contribution in [2.75, 3.05) is 13.2 Å². The van der Waals surface area contributed by atoms with Crippen LogP contribution in [0.3, 0.4) is 0 Å². The molecule has 15 heavy (non-hydrogen) atoms. The third kappa shape index (κ3) is 10.2. The van der Waals surface area contributed by atoms with Crippen LogP contribution in [0.5, 0.6) is 0 Å². The summed E-state index contributed by atoms with van der Waals surface area (Å²) in [5, 5.41) is 0. The first-order chi connectivity index (χ1) is 7.35. The van der Waals surface area contributed by atoms with Crippen LogP contribution in [0.1, 0.15) is 72.1 Å². The number of hydrogen-bond acceptors (Lipinski definition) is 1. The summed E-state index contributed by atoms with van der Waals surface area (Å²) in [7, 11) is 0. The van der Waals surface area contributed by atoms with Crippen LogP contribution >= 0.6 is 0 Å². The Hall–Kier alpha value is -0.0400. The highest BCUT2D eigenvalue weighted by molar-refractivity contribution is 4.59. The smallest absolute Gasteiger partial charge is 0.0468 e. The van der Waals surface area contributed by atoms with E-state index in [2.05, 4.69) is 20.8 Å². The highest BCUT2D eigenvalue weighted by Crippen LogP contribution is 2.19. The zero-order chi connectivity index (χ0) is 11.4. The summed E-state index contributed by atoms with van der Waals surface area (Å²) in [4.78, 5) is 0. The lowest BCUT2D eigenvalue weighted by atomic mass is 9.94. The molecule has 0 fully saturated rings. The van der Waals surface area contributed by atoms with Crippen molar-refractivity contribution >= 4 is 0 Å². The van der Waals surface area contributed by atoms with Gasteiger partial charge < -0.3 is 4.74 Å². The average Bonchev–Trinajstić information content (AvgIpc) is 2.24. The fourth-order valence-electron chi connectivity index (χ4n) is 2.02. The second kappa shape index (κ2) is 12.0. The van der Waals surface area contributed by atoms with Crippen LogP contribution in [0.2, 0.25) is 0 Å². The van der Waals surface area contributed by atoms with Crippen molar-refractivity contribution in [1.29, 1.82) is 0 Å². The maximum absolute atomic E-state index is 5.57. The van der Waals surface area contributed by atoms with E-state index in [4.69, 9.17) is 4.74 Å². The van der Waals surface area contributed by atoms with Crippen molar-refractivity contribution < 1.29 is 4.74 Å². The molecule has 0 aliphatic carbocycles. The number of hydrogen-bond donors (Lipinski definition) is 0. The lowest BCUT2D eigenvalue weighted by molar-refractivity contribution is 0.117. The molecule has 1 heteroatoms. The predicted molar refractivity (Wildman–Crippen MR) is 68.3 cm³/mol. The van der Waals surface area contributed by atoms with Gasteiger partial charge in [0.25, 0.3) is 0 Å². The molecule has 0 amide bonds. The van der Waals surface area contributed by atoms with E-state index >= 15 is 0 Å². The van der Waals surface area contributed by atoms with Crippen molar-refractivity contribution in [1.82, 2.24) is 0 Å². The zero-order valence-corrected chi connectivity index (χ0v) is 11.1. The normalized spacial score (nSPS) is 13.0. The van der Waals surface area contributed by atoms with Gasteiger partial charge in [0.2, 0.25) is 0 Å². The van der Waals surface area contributed by atoms with Crippen molar-refractivity contribution in [3.05, 3.63) is 0 Å². The molecule has 1 atom stereocenters. The first-order valence-electron chi connectivity index (χ1n) is 6.92. The van der Waals surface area contributed by atoms with E-state index in [9.17, 15) is 0 Å². The molecule has 0 radical (unpaired) electrons. The van der Waals surface area contributed by atoms with Crippen molar-refractivity contribution in [3.63, 3.8) is 0 Å². The van der Waals surface area contributed by atoms with Crippen LogP contribution in [0.15, 0.2) is 0 Å². The van der Waals surface area contributed by atoms with Gasteiger partial charge in [-0.3, -0.25) is 0 Å². The molecule has 1 nitrogen and oxygen atoms in total. The van der Waals surface area contributed by atoms with Crippen LogP contribution in [-0.2, 0) is 4.74 Å². The average molecular weight is 214 g/mol. The van der Waals surface area contributed by atoms with E-state index in [0.717, 1.165) is 25.6 Å². The first kappa shape index (κ1) is 15.0. The molecule has 0 rings (SSSR count). The number of ether oxygens (including phenoxy) is 1. The summed E-state index contributed by atoms with van der Waals surface area (Å²) < 4.78 is 5.57. The second-order valence-corrected chi connectivity index (χ2v) is 4.55. The molecule has 0 aromatic rings. The van der Waals surface area contributed by atoms with Gasteiger partial charge in [-0.15, -0.1) is 0 Å². The Kier molecular flexibility index (Phi) is 12.0. The van der Waals surface area contributed by atoms with E-state index in [1.54, 1.807) is 0 Å². The maximum Gasteiger partial charge on any atom is 0.0468 e. The summed E-state index contributed by atoms with van der Waals surface area (Å²) in [6, 6.07) is 0. The van der Waals surface area contributed by atoms with Gasteiger partial charge in [-0.1, -0.05) is 59.3 Å². The third-order valence-electron chi connectivity index (χ3n) is 2.93. The first-order valence-corrected chi connectivity index (χ1v) is 6.92. The zero-order valence-electron chi connectivity index (χ0n) is 11.1. The summed E-state index contributed by atoms with van der Waals surface area (Å²) in [5.41, 5.74) is 0. The van der Waals surface area contributed by atoms with Gasteiger partial charge in [-0.05, 0) is 18.8 Å². The molecule has 0 saturated heterocycles. The lowest BCUT2D eigenvalue weighted by Gasteiger charge is -2.15. The molecule has 0 N–H and O–H groups in total. The minimum Gasteiger partial charge on any atom is -0.381 e. The van der Waals surface area contributed by atoms with Crippen LogP contribution in [0.25, 0.3) is 0 Å². The van der Waals surface area contributed by atoms with Gasteiger partial charge in [-0.2, -0.15) is 0 Å². The fraction of sp³-hybridized carbons (Fsp3) is 1.00. The van der Waals surface area contributed by atoms with Crippen LogP contribution in [0.4, 0.5) is 0 Å². The highest BCUT2D eigenvalue weighted by Gasteiger charge is 2.06. The molecule has 0 bridgehead atoms. The van der Waals surface area contributed by atoms with Crippen molar-refractivity contribution in [2.24, 2.45) is 5.92 Å². The molecule has 92 valence electrons. The molecule has 0 heterocycles. The van der Waals surface area contributed by atoms with E-state index in [1.165, 1.54) is 44.9 Å². The largest absolute Gasteiger partial charge is 0.381 e. The number of rotatable bonds is 11. The van der Waals surface area contributed by atoms with Gasteiger partial charge in [-0.25, -0.2) is 0 Å². The SMILES string of the molecule is CCCCCC(CCC)CCOCCC. The Morgan fingerprint density at radius 1 is 0.733 bits per heavy atom. The Morgan fingerprint density at radius 2 is 1.53 bits per heavy atom. The Labute approximate surface area is 96.6 Å². The maximum atomic E-state index is 5.57. The predicted octanol–water partition coefficient (Wildman–Crippen LogP) is 4.80. The van der Waals surface area contributed by atoms with Gasteiger partial charge in [0, 0.05) is 13.2 Å². The molecular formula is C14H30O. The fourth-order valence-corrected chi connectivity index (χ4v) is 2.02. The van der Waals surface area contributed by atoms with Crippen LogP contribution < -0.4 is 0 Å². The molecular weight excluding hydrogens is 184 g/mol. The summed E-state index contributed by atoms with van der Waals surface area (Å²) in [6.07, 6.45) is 10.7. The second-order valence-electron chi connectivity index (χ2n) is 4.55. The van der Waals surface area contributed by atoms with E-state index in [1.807, 2.05) is 0 Å². The van der Waals surface area contributed by atoms with Gasteiger partial charge in [0.1, 0.15) is 0 Å². The molecule has 0 spiro atoms. The van der Waals surface area contributed by atoms with Gasteiger partial charge >= 0.3 is 0 Å². The van der Waals surface area contributed by atoms with Gasteiger partial charge in [0.15, 0.2) is 0 Å². The minimum atomic E-state index is 0.915. The lowest BCUT2D eigenvalue weighted by Crippen LogP contribution is -2.06. The van der Waals surface area contributed by atoms with Crippen molar-refractivity contribution in [3.8, 4) is 0 Å².